The number of carbonyl (C=O) groups excluding carboxylic acids is 2. The molecular weight excluding hydrogens is 310 g/mol. The predicted molar refractivity (Wildman–Crippen MR) is 86.2 cm³/mol. The topological polar surface area (TPSA) is 84.7 Å². The number of aromatic nitrogens is 2. The van der Waals surface area contributed by atoms with E-state index in [1.54, 1.807) is 38.5 Å². The normalized spacial score (nSPS) is 14.0. The van der Waals surface area contributed by atoms with Gasteiger partial charge in [0, 0.05) is 7.05 Å². The first-order valence-corrected chi connectivity index (χ1v) is 7.56. The lowest BCUT2D eigenvalue weighted by Crippen LogP contribution is -2.27. The number of carbonyl (C=O) groups is 2. The highest BCUT2D eigenvalue weighted by Crippen LogP contribution is 2.28. The number of aromatic hydroxyl groups is 1. The number of benzene rings is 1. The Labute approximate surface area is 139 Å². The van der Waals surface area contributed by atoms with Crippen LogP contribution in [0.15, 0.2) is 24.5 Å². The van der Waals surface area contributed by atoms with Gasteiger partial charge in [0.15, 0.2) is 5.69 Å². The van der Waals surface area contributed by atoms with Crippen LogP contribution in [0.4, 0.5) is 0 Å². The maximum absolute atomic E-state index is 12.5. The van der Waals surface area contributed by atoms with Crippen LogP contribution in [0.1, 0.15) is 47.3 Å². The summed E-state index contributed by atoms with van der Waals surface area (Å²) >= 11 is 0. The summed E-state index contributed by atoms with van der Waals surface area (Å²) < 4.78 is 7.09. The maximum Gasteiger partial charge on any atom is 0.359 e. The molecule has 1 amide bonds. The number of hydrogen-bond donors (Lipinski definition) is 1. The van der Waals surface area contributed by atoms with E-state index >= 15 is 0 Å². The van der Waals surface area contributed by atoms with Crippen LogP contribution in [-0.4, -0.2) is 44.1 Å². The molecular formula is C17H19N3O4. The van der Waals surface area contributed by atoms with Crippen molar-refractivity contribution in [3.8, 4) is 11.4 Å². The maximum atomic E-state index is 12.5. The molecule has 7 nitrogen and oxygen atoms in total. The van der Waals surface area contributed by atoms with Crippen molar-refractivity contribution in [3.05, 3.63) is 41.5 Å². The highest BCUT2D eigenvalue weighted by Gasteiger charge is 2.30. The third-order valence-electron chi connectivity index (χ3n) is 3.66. The first-order valence-electron chi connectivity index (χ1n) is 7.56. The molecule has 0 saturated heterocycles. The van der Waals surface area contributed by atoms with E-state index < -0.39 is 11.6 Å². The van der Waals surface area contributed by atoms with Gasteiger partial charge < -0.3 is 14.7 Å². The van der Waals surface area contributed by atoms with Crippen molar-refractivity contribution >= 4 is 11.9 Å². The van der Waals surface area contributed by atoms with E-state index in [1.165, 1.54) is 23.4 Å². The van der Waals surface area contributed by atoms with Crippen LogP contribution >= 0.6 is 0 Å². The summed E-state index contributed by atoms with van der Waals surface area (Å²) in [5, 5.41) is 9.68. The van der Waals surface area contributed by atoms with Gasteiger partial charge in [-0.3, -0.25) is 9.36 Å². The first-order chi connectivity index (χ1) is 11.2. The van der Waals surface area contributed by atoms with Gasteiger partial charge in [-0.2, -0.15) is 0 Å². The van der Waals surface area contributed by atoms with E-state index in [2.05, 4.69) is 4.98 Å². The van der Waals surface area contributed by atoms with Crippen LogP contribution in [0.3, 0.4) is 0 Å². The first kappa shape index (κ1) is 16.0. The highest BCUT2D eigenvalue weighted by molar-refractivity contribution is 5.99. The molecule has 1 aromatic heterocycles. The van der Waals surface area contributed by atoms with E-state index in [-0.39, 0.29) is 23.9 Å². The van der Waals surface area contributed by atoms with Crippen LogP contribution in [0, 0.1) is 0 Å². The van der Waals surface area contributed by atoms with Crippen molar-refractivity contribution in [1.82, 2.24) is 14.5 Å². The lowest BCUT2D eigenvalue weighted by atomic mass is 10.1. The van der Waals surface area contributed by atoms with Gasteiger partial charge in [0.1, 0.15) is 17.7 Å². The number of ether oxygens (including phenoxy) is 1. The number of imidazole rings is 1. The van der Waals surface area contributed by atoms with Gasteiger partial charge in [-0.25, -0.2) is 9.78 Å². The Morgan fingerprint density at radius 2 is 2.04 bits per heavy atom. The molecule has 0 unspecified atom stereocenters. The summed E-state index contributed by atoms with van der Waals surface area (Å²) in [6.07, 6.45) is 1.50. The molecule has 24 heavy (non-hydrogen) atoms. The molecule has 1 N–H and O–H groups in total. The molecule has 1 aliphatic heterocycles. The number of nitrogens with zero attached hydrogens (tertiary/aromatic N) is 3. The van der Waals surface area contributed by atoms with Gasteiger partial charge >= 0.3 is 5.97 Å². The molecule has 0 fully saturated rings. The van der Waals surface area contributed by atoms with E-state index in [0.29, 0.717) is 16.9 Å². The van der Waals surface area contributed by atoms with Crippen LogP contribution in [0.2, 0.25) is 0 Å². The summed E-state index contributed by atoms with van der Waals surface area (Å²) in [6, 6.07) is 4.54. The Balaban J connectivity index is 2.13. The van der Waals surface area contributed by atoms with Gasteiger partial charge in [-0.15, -0.1) is 0 Å². The van der Waals surface area contributed by atoms with Crippen molar-refractivity contribution in [1.29, 1.82) is 0 Å². The average molecular weight is 329 g/mol. The second kappa shape index (κ2) is 5.36. The average Bonchev–Trinajstić information content (AvgIpc) is 2.84. The van der Waals surface area contributed by atoms with Crippen LogP contribution in [0.5, 0.6) is 5.75 Å². The van der Waals surface area contributed by atoms with Gasteiger partial charge in [0.25, 0.3) is 5.91 Å². The number of phenolic OH excluding ortho intramolecular Hbond substituents is 1. The Morgan fingerprint density at radius 3 is 2.71 bits per heavy atom. The van der Waals surface area contributed by atoms with E-state index in [9.17, 15) is 14.7 Å². The third-order valence-corrected chi connectivity index (χ3v) is 3.66. The minimum atomic E-state index is -0.635. The lowest BCUT2D eigenvalue weighted by Gasteiger charge is -2.19. The molecule has 1 aliphatic rings. The molecule has 0 radical (unpaired) electrons. The largest absolute Gasteiger partial charge is 0.508 e. The van der Waals surface area contributed by atoms with Gasteiger partial charge in [-0.1, -0.05) is 0 Å². The second-order valence-corrected chi connectivity index (χ2v) is 6.77. The lowest BCUT2D eigenvalue weighted by molar-refractivity contribution is 0.00608. The number of hydrogen-bond acceptors (Lipinski definition) is 5. The molecule has 0 saturated carbocycles. The highest BCUT2D eigenvalue weighted by atomic mass is 16.6. The fourth-order valence-corrected chi connectivity index (χ4v) is 2.64. The zero-order chi connectivity index (χ0) is 17.6. The predicted octanol–water partition coefficient (Wildman–Crippen LogP) is 2.12. The number of rotatable bonds is 1. The minimum absolute atomic E-state index is 0.00595. The number of phenols is 1. The Hall–Kier alpha value is -2.83. The molecule has 2 aromatic rings. The molecule has 0 spiro atoms. The molecule has 0 atom stereocenters. The van der Waals surface area contributed by atoms with Crippen molar-refractivity contribution in [2.75, 3.05) is 7.05 Å². The molecule has 7 heteroatoms. The quantitative estimate of drug-likeness (QED) is 0.810. The Morgan fingerprint density at radius 1 is 1.33 bits per heavy atom. The van der Waals surface area contributed by atoms with Crippen molar-refractivity contribution in [2.45, 2.75) is 32.9 Å². The summed E-state index contributed by atoms with van der Waals surface area (Å²) in [4.78, 5) is 30.6. The van der Waals surface area contributed by atoms with Gasteiger partial charge in [0.05, 0.1) is 23.5 Å². The van der Waals surface area contributed by atoms with Gasteiger partial charge in [-0.05, 0) is 39.0 Å². The Kier molecular flexibility index (Phi) is 3.59. The fraction of sp³-hybridized carbons (Fsp3) is 0.353. The molecule has 3 rings (SSSR count). The molecule has 126 valence electrons. The minimum Gasteiger partial charge on any atom is -0.508 e. The SMILES string of the molecule is CN1Cc2c(C(=O)OC(C)(C)C)ncn2-c2ccc(O)cc2C1=O. The van der Waals surface area contributed by atoms with Crippen molar-refractivity contribution < 1.29 is 19.4 Å². The molecule has 2 heterocycles. The summed E-state index contributed by atoms with van der Waals surface area (Å²) in [6.45, 7) is 5.57. The Bertz CT molecular complexity index is 833. The summed E-state index contributed by atoms with van der Waals surface area (Å²) in [7, 11) is 1.64. The second-order valence-electron chi connectivity index (χ2n) is 6.77. The fourth-order valence-electron chi connectivity index (χ4n) is 2.64. The van der Waals surface area contributed by atoms with Crippen LogP contribution < -0.4 is 0 Å². The third kappa shape index (κ3) is 2.73. The van der Waals surface area contributed by atoms with E-state index in [0.717, 1.165) is 0 Å². The zero-order valence-electron chi connectivity index (χ0n) is 14.0. The van der Waals surface area contributed by atoms with Gasteiger partial charge in [0.2, 0.25) is 0 Å². The van der Waals surface area contributed by atoms with Crippen LogP contribution in [0.25, 0.3) is 5.69 Å². The standard InChI is InChI=1S/C17H19N3O4/c1-17(2,3)24-16(23)14-13-8-19(4)15(22)11-7-10(21)5-6-12(11)20(13)9-18-14/h5-7,9,21H,8H2,1-4H3. The molecule has 1 aromatic carbocycles. The van der Waals surface area contributed by atoms with Crippen molar-refractivity contribution in [2.24, 2.45) is 0 Å². The number of fused-ring (bicyclic) bond motifs is 3. The van der Waals surface area contributed by atoms with Crippen LogP contribution in [-0.2, 0) is 11.3 Å². The zero-order valence-corrected chi connectivity index (χ0v) is 14.0. The molecule has 0 aliphatic carbocycles. The monoisotopic (exact) mass is 329 g/mol. The smallest absolute Gasteiger partial charge is 0.359 e. The van der Waals surface area contributed by atoms with Crippen molar-refractivity contribution in [3.63, 3.8) is 0 Å². The van der Waals surface area contributed by atoms with E-state index in [1.807, 2.05) is 0 Å². The summed E-state index contributed by atoms with van der Waals surface area (Å²) in [5.74, 6) is -0.759. The van der Waals surface area contributed by atoms with E-state index in [4.69, 9.17) is 4.74 Å². The number of esters is 1. The number of amides is 1. The summed E-state index contributed by atoms with van der Waals surface area (Å²) in [5.41, 5.74) is 1.04. The molecule has 0 bridgehead atoms.